The van der Waals surface area contributed by atoms with Crippen LogP contribution in [0.1, 0.15) is 260 Å². The third-order valence-corrected chi connectivity index (χ3v) is 13.6. The zero-order valence-electron chi connectivity index (χ0n) is 47.8. The quantitative estimate of drug-likeness (QED) is 0.0359. The van der Waals surface area contributed by atoms with Crippen LogP contribution in [-0.2, 0) is 19.6 Å². The van der Waals surface area contributed by atoms with Crippen molar-refractivity contribution in [3.05, 3.63) is 187 Å². The van der Waals surface area contributed by atoms with Crippen LogP contribution < -0.4 is 19.6 Å². The Balaban J connectivity index is 1.40. The van der Waals surface area contributed by atoms with Gasteiger partial charge in [0, 0.05) is 33.4 Å². The molecule has 0 aliphatic carbocycles. The Bertz CT molecular complexity index is 2950. The summed E-state index contributed by atoms with van der Waals surface area (Å²) in [5.41, 5.74) is 5.17. The molecule has 0 aliphatic heterocycles. The van der Waals surface area contributed by atoms with E-state index in [-0.39, 0.29) is 69.6 Å². The summed E-state index contributed by atoms with van der Waals surface area (Å²) in [6.07, 6.45) is 0. The fraction of sp³-hybridized carbons (Fsp3) is 0.369. The maximum absolute atomic E-state index is 14.7. The van der Waals surface area contributed by atoms with Crippen molar-refractivity contribution in [2.45, 2.75) is 158 Å². The van der Waals surface area contributed by atoms with Gasteiger partial charge >= 0.3 is 23.9 Å². The van der Waals surface area contributed by atoms with Crippen LogP contribution in [-0.4, -0.2) is 29.7 Å². The van der Waals surface area contributed by atoms with Gasteiger partial charge in [0.2, 0.25) is 0 Å². The largest absolute Gasteiger partial charge is 0.387 e. The summed E-state index contributed by atoms with van der Waals surface area (Å²) in [6.45, 7) is 31.9. The molecule has 0 saturated heterocycles. The smallest absolute Gasteiger partial charge is 0.289 e. The number of benzene rings is 6. The van der Waals surface area contributed by atoms with E-state index in [4.69, 9.17) is 39.1 Å². The Kier molecular flexibility index (Phi) is 19.7. The van der Waals surface area contributed by atoms with Crippen molar-refractivity contribution < 1.29 is 63.1 Å². The van der Waals surface area contributed by atoms with E-state index in [1.54, 1.807) is 24.3 Å². The highest BCUT2D eigenvalue weighted by molar-refractivity contribution is 6.13. The van der Waals surface area contributed by atoms with Crippen LogP contribution in [0.15, 0.2) is 109 Å². The van der Waals surface area contributed by atoms with Crippen LogP contribution in [0.2, 0.25) is 0 Å². The van der Waals surface area contributed by atoms with Crippen LogP contribution in [0.25, 0.3) is 0 Å². The molecule has 0 heterocycles. The van der Waals surface area contributed by atoms with E-state index in [0.717, 1.165) is 56.6 Å². The van der Waals surface area contributed by atoms with Crippen LogP contribution in [0.3, 0.4) is 0 Å². The third-order valence-electron chi connectivity index (χ3n) is 13.6. The molecule has 6 aromatic rings. The van der Waals surface area contributed by atoms with E-state index in [1.807, 2.05) is 159 Å². The normalized spacial score (nSPS) is 11.5. The summed E-state index contributed by atoms with van der Waals surface area (Å²) >= 11 is 0. The molecule has 78 heavy (non-hydrogen) atoms. The molecule has 13 heteroatoms. The average molecular weight is 1060 g/mol. The zero-order chi connectivity index (χ0) is 57.3. The van der Waals surface area contributed by atoms with Crippen molar-refractivity contribution >= 4 is 29.7 Å². The molecule has 6 rings (SSSR count). The average Bonchev–Trinajstić information content (AvgIpc) is 3.45. The van der Waals surface area contributed by atoms with Crippen LogP contribution >= 0.6 is 0 Å². The SMILES string of the molecule is CC(C)c1ccc(C(C)C)c(OOC(=O)c2ccc(C(=O)c3ccc(C(=O)OOc4cc(C(C)C)ccc4C(C)C)c(C(=O)OOc4cc(C(C)C)ccc4C(C)C)c3)cc2C(=O)OOc2cc(C(C)C)ccc2C(C)C)c1. The lowest BCUT2D eigenvalue weighted by Crippen LogP contribution is -2.19. The number of rotatable bonds is 22. The molecule has 0 saturated carbocycles. The molecule has 13 nitrogen and oxygen atoms in total. The van der Waals surface area contributed by atoms with Crippen LogP contribution in [0.5, 0.6) is 23.0 Å². The van der Waals surface area contributed by atoms with Gasteiger partial charge < -0.3 is 0 Å². The van der Waals surface area contributed by atoms with Gasteiger partial charge in [-0.2, -0.15) is 0 Å². The molecule has 0 N–H and O–H groups in total. The molecule has 0 unspecified atom stereocenters. The van der Waals surface area contributed by atoms with E-state index in [0.29, 0.717) is 23.0 Å². The minimum atomic E-state index is -1.13. The Morgan fingerprint density at radius 3 is 0.718 bits per heavy atom. The molecule has 0 fully saturated rings. The van der Waals surface area contributed by atoms with Gasteiger partial charge in [0.25, 0.3) is 0 Å². The minimum Gasteiger partial charge on any atom is -0.289 e. The molecule has 0 aliphatic rings. The van der Waals surface area contributed by atoms with E-state index < -0.39 is 40.8 Å². The zero-order valence-corrected chi connectivity index (χ0v) is 47.8. The standard InChI is InChI=1S/C65H74O13/c1-35(2)43-17-23-49(39(9)10)57(31-43)71-75-62(67)53-27-21-47(29-55(53)64(69)77-73-59-33-45(37(5)6)19-25-51(59)41(13)14)61(66)48-22-28-54(63(68)76-72-58-32-44(36(3)4)18-24-50(58)40(11)12)56(30-48)65(70)78-74-60-34-46(38(7)8)20-26-52(60)42(15)16/h17-42H,1-16H3. The molecule has 0 radical (unpaired) electrons. The lowest BCUT2D eigenvalue weighted by Gasteiger charge is -2.17. The molecular formula is C65H74O13. The van der Waals surface area contributed by atoms with Gasteiger partial charge in [-0.15, -0.1) is 0 Å². The van der Waals surface area contributed by atoms with E-state index in [2.05, 4.69) is 0 Å². The number of hydrogen-bond acceptors (Lipinski definition) is 13. The lowest BCUT2D eigenvalue weighted by molar-refractivity contribution is -0.152. The fourth-order valence-electron chi connectivity index (χ4n) is 8.58. The molecule has 6 aromatic carbocycles. The first-order valence-corrected chi connectivity index (χ1v) is 26.8. The maximum atomic E-state index is 14.7. The Morgan fingerprint density at radius 2 is 0.500 bits per heavy atom. The molecular weight excluding hydrogens is 989 g/mol. The summed E-state index contributed by atoms with van der Waals surface area (Å²) in [5.74, 6) is -3.40. The van der Waals surface area contributed by atoms with E-state index in [1.165, 1.54) is 24.3 Å². The van der Waals surface area contributed by atoms with Gasteiger partial charge in [0.05, 0.1) is 22.3 Å². The minimum absolute atomic E-state index is 0.00518. The summed E-state index contributed by atoms with van der Waals surface area (Å²) < 4.78 is 0. The maximum Gasteiger partial charge on any atom is 0.387 e. The number of hydrogen-bond donors (Lipinski definition) is 0. The molecule has 0 aromatic heterocycles. The second kappa shape index (κ2) is 25.9. The van der Waals surface area contributed by atoms with Gasteiger partial charge in [-0.3, -0.25) is 24.3 Å². The van der Waals surface area contributed by atoms with Gasteiger partial charge in [-0.25, -0.2) is 38.7 Å². The summed E-state index contributed by atoms with van der Waals surface area (Å²) in [6, 6.07) is 30.1. The molecule has 0 atom stereocenters. The van der Waals surface area contributed by atoms with E-state index in [9.17, 15) is 24.0 Å². The number of ketones is 1. The van der Waals surface area contributed by atoms with E-state index >= 15 is 0 Å². The Labute approximate surface area is 459 Å². The van der Waals surface area contributed by atoms with Crippen LogP contribution in [0, 0.1) is 0 Å². The van der Waals surface area contributed by atoms with Crippen molar-refractivity contribution in [2.24, 2.45) is 0 Å². The predicted molar refractivity (Wildman–Crippen MR) is 299 cm³/mol. The second-order valence-corrected chi connectivity index (χ2v) is 22.1. The summed E-state index contributed by atoms with van der Waals surface area (Å²) in [7, 11) is 0. The van der Waals surface area contributed by atoms with Crippen LogP contribution in [0.4, 0.5) is 0 Å². The second-order valence-electron chi connectivity index (χ2n) is 22.1. The molecule has 0 bridgehead atoms. The van der Waals surface area contributed by atoms with Crippen molar-refractivity contribution in [1.29, 1.82) is 0 Å². The monoisotopic (exact) mass is 1060 g/mol. The van der Waals surface area contributed by atoms with Gasteiger partial charge in [-0.1, -0.05) is 171 Å². The first-order chi connectivity index (χ1) is 36.9. The Hall–Kier alpha value is -7.93. The number of carbonyl (C=O) groups is 5. The first-order valence-electron chi connectivity index (χ1n) is 26.8. The highest BCUT2D eigenvalue weighted by Crippen LogP contribution is 2.35. The van der Waals surface area contributed by atoms with Crippen molar-refractivity contribution in [2.75, 3.05) is 0 Å². The molecule has 0 amide bonds. The predicted octanol–water partition coefficient (Wildman–Crippen LogP) is 16.5. The first kappa shape index (κ1) is 59.3. The fourth-order valence-corrected chi connectivity index (χ4v) is 8.58. The molecule has 412 valence electrons. The van der Waals surface area contributed by atoms with Crippen molar-refractivity contribution in [3.63, 3.8) is 0 Å². The lowest BCUT2D eigenvalue weighted by atomic mass is 9.95. The van der Waals surface area contributed by atoms with Crippen molar-refractivity contribution in [1.82, 2.24) is 0 Å². The van der Waals surface area contributed by atoms with Crippen molar-refractivity contribution in [3.8, 4) is 23.0 Å². The highest BCUT2D eigenvalue weighted by atomic mass is 17.2. The van der Waals surface area contributed by atoms with Gasteiger partial charge in [0.1, 0.15) is 0 Å². The third kappa shape index (κ3) is 14.4. The topological polar surface area (TPSA) is 159 Å². The Morgan fingerprint density at radius 1 is 0.269 bits per heavy atom. The molecule has 0 spiro atoms. The van der Waals surface area contributed by atoms with Gasteiger partial charge in [0.15, 0.2) is 28.8 Å². The number of carbonyl (C=O) groups excluding carboxylic acids is 5. The summed E-state index contributed by atoms with van der Waals surface area (Å²) in [5, 5.41) is 0. The summed E-state index contributed by atoms with van der Waals surface area (Å²) in [4.78, 5) is 116. The van der Waals surface area contributed by atoms with Gasteiger partial charge in [-0.05, 0) is 118 Å². The highest BCUT2D eigenvalue weighted by Gasteiger charge is 2.29.